The van der Waals surface area contributed by atoms with Gasteiger partial charge in [0, 0.05) is 30.8 Å². The summed E-state index contributed by atoms with van der Waals surface area (Å²) in [5.74, 6) is -0.180. The molecule has 0 fully saturated rings. The Labute approximate surface area is 144 Å². The van der Waals surface area contributed by atoms with E-state index < -0.39 is 0 Å². The summed E-state index contributed by atoms with van der Waals surface area (Å²) in [5.41, 5.74) is 3.86. The van der Waals surface area contributed by atoms with Crippen LogP contribution in [0.2, 0.25) is 0 Å². The number of amides is 1. The predicted octanol–water partition coefficient (Wildman–Crippen LogP) is 2.75. The highest BCUT2D eigenvalue weighted by atomic mass is 16.1. The summed E-state index contributed by atoms with van der Waals surface area (Å²) >= 11 is 0. The molecule has 1 N–H and O–H groups in total. The lowest BCUT2D eigenvalue weighted by atomic mass is 10.2. The molecule has 3 aromatic heterocycles. The van der Waals surface area contributed by atoms with Crippen LogP contribution in [0.15, 0.2) is 73.4 Å². The predicted molar refractivity (Wildman–Crippen MR) is 94.3 cm³/mol. The van der Waals surface area contributed by atoms with Crippen LogP contribution >= 0.6 is 0 Å². The Morgan fingerprint density at radius 1 is 1.04 bits per heavy atom. The molecule has 0 bridgehead atoms. The molecule has 0 aliphatic heterocycles. The normalized spacial score (nSPS) is 10.7. The number of fused-ring (bicyclic) bond motifs is 1. The second kappa shape index (κ2) is 6.52. The molecule has 1 aromatic carbocycles. The van der Waals surface area contributed by atoms with Crippen molar-refractivity contribution < 1.29 is 4.79 Å². The standard InChI is InChI=1S/C19H15N5O/c25-19(22-11-14-6-8-20-9-7-14)15-10-17-18(21-12-15)24(13-23-17)16-4-2-1-3-5-16/h1-10,12-13H,11H2,(H,22,25). The SMILES string of the molecule is O=C(NCc1ccncc1)c1cnc2c(c1)ncn2-c1ccccc1. The molecule has 0 aliphatic carbocycles. The van der Waals surface area contributed by atoms with E-state index in [2.05, 4.69) is 20.3 Å². The Kier molecular flexibility index (Phi) is 3.92. The fourth-order valence-electron chi connectivity index (χ4n) is 2.59. The van der Waals surface area contributed by atoms with Crippen LogP contribution in [0.1, 0.15) is 15.9 Å². The molecule has 0 unspecified atom stereocenters. The molecule has 4 rings (SSSR count). The summed E-state index contributed by atoms with van der Waals surface area (Å²) in [4.78, 5) is 25.1. The Morgan fingerprint density at radius 2 is 1.84 bits per heavy atom. The monoisotopic (exact) mass is 329 g/mol. The number of carbonyl (C=O) groups excluding carboxylic acids is 1. The number of nitrogens with zero attached hydrogens (tertiary/aromatic N) is 4. The quantitative estimate of drug-likeness (QED) is 0.625. The number of hydrogen-bond acceptors (Lipinski definition) is 4. The van der Waals surface area contributed by atoms with E-state index in [0.717, 1.165) is 16.9 Å². The van der Waals surface area contributed by atoms with Gasteiger partial charge in [-0.2, -0.15) is 0 Å². The Balaban J connectivity index is 1.56. The highest BCUT2D eigenvalue weighted by Gasteiger charge is 2.11. The zero-order chi connectivity index (χ0) is 17.1. The van der Waals surface area contributed by atoms with Crippen molar-refractivity contribution in [2.45, 2.75) is 6.54 Å². The van der Waals surface area contributed by atoms with Crippen molar-refractivity contribution in [3.8, 4) is 5.69 Å². The van der Waals surface area contributed by atoms with Crippen LogP contribution in [-0.4, -0.2) is 25.4 Å². The van der Waals surface area contributed by atoms with E-state index in [1.165, 1.54) is 0 Å². The lowest BCUT2D eigenvalue weighted by Gasteiger charge is -2.06. The minimum absolute atomic E-state index is 0.180. The molecule has 0 saturated heterocycles. The molecule has 6 nitrogen and oxygen atoms in total. The van der Waals surface area contributed by atoms with Crippen LogP contribution < -0.4 is 5.32 Å². The van der Waals surface area contributed by atoms with Crippen LogP contribution in [0.25, 0.3) is 16.9 Å². The van der Waals surface area contributed by atoms with E-state index in [4.69, 9.17) is 0 Å². The molecule has 3 heterocycles. The van der Waals surface area contributed by atoms with Gasteiger partial charge in [0.25, 0.3) is 5.91 Å². The molecular weight excluding hydrogens is 314 g/mol. The number of pyridine rings is 2. The van der Waals surface area contributed by atoms with Crippen LogP contribution in [0, 0.1) is 0 Å². The van der Waals surface area contributed by atoms with Crippen molar-refractivity contribution in [2.75, 3.05) is 0 Å². The van der Waals surface area contributed by atoms with Crippen LogP contribution in [-0.2, 0) is 6.54 Å². The second-order valence-corrected chi connectivity index (χ2v) is 5.55. The van der Waals surface area contributed by atoms with Crippen LogP contribution in [0.5, 0.6) is 0 Å². The van der Waals surface area contributed by atoms with E-state index in [1.807, 2.05) is 47.0 Å². The third-order valence-electron chi connectivity index (χ3n) is 3.89. The molecule has 0 spiro atoms. The minimum Gasteiger partial charge on any atom is -0.348 e. The molecule has 0 saturated carbocycles. The van der Waals surface area contributed by atoms with Gasteiger partial charge < -0.3 is 5.32 Å². The highest BCUT2D eigenvalue weighted by Crippen LogP contribution is 2.17. The Bertz CT molecular complexity index is 1010. The number of carbonyl (C=O) groups is 1. The van der Waals surface area contributed by atoms with Crippen molar-refractivity contribution in [1.29, 1.82) is 0 Å². The fraction of sp³-hybridized carbons (Fsp3) is 0.0526. The minimum atomic E-state index is -0.180. The fourth-order valence-corrected chi connectivity index (χ4v) is 2.59. The number of rotatable bonds is 4. The second-order valence-electron chi connectivity index (χ2n) is 5.55. The lowest BCUT2D eigenvalue weighted by molar-refractivity contribution is 0.0950. The Hall–Kier alpha value is -3.54. The smallest absolute Gasteiger partial charge is 0.253 e. The molecule has 122 valence electrons. The summed E-state index contributed by atoms with van der Waals surface area (Å²) in [7, 11) is 0. The van der Waals surface area contributed by atoms with Gasteiger partial charge in [-0.1, -0.05) is 18.2 Å². The van der Waals surface area contributed by atoms with Gasteiger partial charge in [-0.05, 0) is 35.9 Å². The number of benzene rings is 1. The molecule has 25 heavy (non-hydrogen) atoms. The third kappa shape index (κ3) is 3.10. The van der Waals surface area contributed by atoms with Gasteiger partial charge in [0.15, 0.2) is 5.65 Å². The molecule has 4 aromatic rings. The number of hydrogen-bond donors (Lipinski definition) is 1. The van der Waals surface area contributed by atoms with Gasteiger partial charge in [-0.15, -0.1) is 0 Å². The van der Waals surface area contributed by atoms with E-state index in [0.29, 0.717) is 17.6 Å². The largest absolute Gasteiger partial charge is 0.348 e. The zero-order valence-electron chi connectivity index (χ0n) is 13.3. The van der Waals surface area contributed by atoms with Gasteiger partial charge in [0.2, 0.25) is 0 Å². The van der Waals surface area contributed by atoms with Gasteiger partial charge in [-0.25, -0.2) is 9.97 Å². The molecule has 0 radical (unpaired) electrons. The van der Waals surface area contributed by atoms with Crippen molar-refractivity contribution in [3.63, 3.8) is 0 Å². The topological polar surface area (TPSA) is 72.7 Å². The highest BCUT2D eigenvalue weighted by molar-refractivity contribution is 5.96. The van der Waals surface area contributed by atoms with E-state index in [1.54, 1.807) is 31.0 Å². The molecule has 1 amide bonds. The average molecular weight is 329 g/mol. The van der Waals surface area contributed by atoms with E-state index in [9.17, 15) is 4.79 Å². The molecule has 0 aliphatic rings. The van der Waals surface area contributed by atoms with Crippen LogP contribution in [0.4, 0.5) is 0 Å². The van der Waals surface area contributed by atoms with Crippen molar-refractivity contribution >= 4 is 17.1 Å². The Morgan fingerprint density at radius 3 is 2.64 bits per heavy atom. The molecular formula is C19H15N5O. The maximum atomic E-state index is 12.3. The first-order valence-corrected chi connectivity index (χ1v) is 7.87. The first-order chi connectivity index (χ1) is 12.3. The van der Waals surface area contributed by atoms with Gasteiger partial charge in [0.05, 0.1) is 5.56 Å². The maximum Gasteiger partial charge on any atom is 0.253 e. The van der Waals surface area contributed by atoms with Crippen LogP contribution in [0.3, 0.4) is 0 Å². The van der Waals surface area contributed by atoms with Gasteiger partial charge in [-0.3, -0.25) is 14.3 Å². The van der Waals surface area contributed by atoms with Gasteiger partial charge >= 0.3 is 0 Å². The zero-order valence-corrected chi connectivity index (χ0v) is 13.3. The third-order valence-corrected chi connectivity index (χ3v) is 3.89. The lowest BCUT2D eigenvalue weighted by Crippen LogP contribution is -2.22. The van der Waals surface area contributed by atoms with Crippen molar-refractivity contribution in [2.24, 2.45) is 0 Å². The maximum absolute atomic E-state index is 12.3. The van der Waals surface area contributed by atoms with Gasteiger partial charge in [0.1, 0.15) is 11.8 Å². The first kappa shape index (κ1) is 15.0. The molecule has 0 atom stereocenters. The number of para-hydroxylation sites is 1. The van der Waals surface area contributed by atoms with Crippen molar-refractivity contribution in [3.05, 3.63) is 84.6 Å². The summed E-state index contributed by atoms with van der Waals surface area (Å²) in [6.45, 7) is 0.442. The number of nitrogens with one attached hydrogen (secondary N) is 1. The van der Waals surface area contributed by atoms with E-state index >= 15 is 0 Å². The average Bonchev–Trinajstić information content (AvgIpc) is 3.11. The first-order valence-electron chi connectivity index (χ1n) is 7.87. The molecule has 6 heteroatoms. The summed E-state index contributed by atoms with van der Waals surface area (Å²) < 4.78 is 1.90. The summed E-state index contributed by atoms with van der Waals surface area (Å²) in [5, 5.41) is 2.88. The number of imidazole rings is 1. The van der Waals surface area contributed by atoms with E-state index in [-0.39, 0.29) is 5.91 Å². The summed E-state index contributed by atoms with van der Waals surface area (Å²) in [6, 6.07) is 15.3. The summed E-state index contributed by atoms with van der Waals surface area (Å²) in [6.07, 6.45) is 6.69. The number of aromatic nitrogens is 4. The van der Waals surface area contributed by atoms with Crippen molar-refractivity contribution in [1.82, 2.24) is 24.8 Å².